The topological polar surface area (TPSA) is 43.4 Å². The van der Waals surface area contributed by atoms with Crippen LogP contribution in [0.2, 0.25) is 0 Å². The number of hydrogen-bond donors (Lipinski definition) is 0. The lowest BCUT2D eigenvalue weighted by Gasteiger charge is -2.32. The van der Waals surface area contributed by atoms with Gasteiger partial charge in [0, 0.05) is 17.7 Å². The number of ether oxygens (including phenoxy) is 1. The molecular weight excluding hydrogens is 428 g/mol. The van der Waals surface area contributed by atoms with E-state index in [1.54, 1.807) is 11.8 Å². The van der Waals surface area contributed by atoms with Gasteiger partial charge >= 0.3 is 0 Å². The number of ketones is 1. The van der Waals surface area contributed by atoms with Crippen LogP contribution in [0, 0.1) is 11.3 Å². The maximum absolute atomic E-state index is 10.6. The average molecular weight is 471 g/mol. The molecular formula is C29H42O3S. The summed E-state index contributed by atoms with van der Waals surface area (Å²) in [6.45, 7) is 15.1. The molecule has 0 N–H and O–H groups in total. The van der Waals surface area contributed by atoms with Gasteiger partial charge in [0.15, 0.2) is 0 Å². The van der Waals surface area contributed by atoms with Crippen LogP contribution in [-0.4, -0.2) is 18.7 Å². The first-order chi connectivity index (χ1) is 15.7. The molecule has 1 aliphatic heterocycles. The van der Waals surface area contributed by atoms with Gasteiger partial charge in [-0.2, -0.15) is 0 Å². The predicted octanol–water partition coefficient (Wildman–Crippen LogP) is 8.42. The monoisotopic (exact) mass is 470 g/mol. The number of carbonyl (C=O) groups is 2. The standard InChI is InChI=1S/C21H28OS.C8H14O2/c1-4-6-7-12-22-17-9-11-19-15(3)18-10-8-16(5-2)13-20(18)23-21(19)14-17;1-7(10)6-8(2,3)4-5-9/h9,11,14,16H,3-8,10,12-13H2,1-2H3;5H,4,6H2,1-3H3. The van der Waals surface area contributed by atoms with Crippen LogP contribution in [0.1, 0.15) is 98.0 Å². The Kier molecular flexibility index (Phi) is 11.0. The lowest BCUT2D eigenvalue weighted by atomic mass is 9.83. The number of unbranched alkanes of at least 4 members (excludes halogenated alkanes) is 2. The van der Waals surface area contributed by atoms with E-state index in [9.17, 15) is 9.59 Å². The van der Waals surface area contributed by atoms with Crippen molar-refractivity contribution < 1.29 is 14.3 Å². The van der Waals surface area contributed by atoms with Gasteiger partial charge in [0.2, 0.25) is 0 Å². The fraction of sp³-hybridized carbons (Fsp3) is 0.586. The summed E-state index contributed by atoms with van der Waals surface area (Å²) in [7, 11) is 0. The Balaban J connectivity index is 0.000000328. The summed E-state index contributed by atoms with van der Waals surface area (Å²) in [5.41, 5.74) is 3.93. The molecule has 0 aromatic heterocycles. The van der Waals surface area contributed by atoms with Gasteiger partial charge < -0.3 is 14.3 Å². The molecule has 3 rings (SSSR count). The summed E-state index contributed by atoms with van der Waals surface area (Å²) in [5, 5.41) is 0. The highest BCUT2D eigenvalue weighted by Gasteiger charge is 2.28. The summed E-state index contributed by atoms with van der Waals surface area (Å²) < 4.78 is 5.93. The van der Waals surface area contributed by atoms with E-state index in [1.165, 1.54) is 60.1 Å². The summed E-state index contributed by atoms with van der Waals surface area (Å²) >= 11 is 1.96. The van der Waals surface area contributed by atoms with Crippen molar-refractivity contribution in [2.45, 2.75) is 97.3 Å². The molecule has 0 radical (unpaired) electrons. The number of fused-ring (bicyclic) bond motifs is 1. The molecule has 1 aromatic rings. The van der Waals surface area contributed by atoms with Crippen molar-refractivity contribution in [3.05, 3.63) is 40.8 Å². The second-order valence-corrected chi connectivity index (χ2v) is 11.3. The lowest BCUT2D eigenvalue weighted by Crippen LogP contribution is -2.15. The van der Waals surface area contributed by atoms with Crippen LogP contribution < -0.4 is 4.74 Å². The van der Waals surface area contributed by atoms with Gasteiger partial charge in [0.25, 0.3) is 0 Å². The van der Waals surface area contributed by atoms with Crippen LogP contribution in [0.25, 0.3) is 5.57 Å². The van der Waals surface area contributed by atoms with Gasteiger partial charge in [-0.25, -0.2) is 0 Å². The third-order valence-corrected chi connectivity index (χ3v) is 7.66. The summed E-state index contributed by atoms with van der Waals surface area (Å²) in [6, 6.07) is 6.53. The van der Waals surface area contributed by atoms with Crippen molar-refractivity contribution in [2.75, 3.05) is 6.61 Å². The van der Waals surface area contributed by atoms with E-state index >= 15 is 0 Å². The number of allylic oxidation sites excluding steroid dienone is 3. The Morgan fingerprint density at radius 3 is 2.67 bits per heavy atom. The van der Waals surface area contributed by atoms with Crippen molar-refractivity contribution in [1.29, 1.82) is 0 Å². The predicted molar refractivity (Wildman–Crippen MR) is 141 cm³/mol. The van der Waals surface area contributed by atoms with E-state index in [1.807, 2.05) is 25.6 Å². The summed E-state index contributed by atoms with van der Waals surface area (Å²) in [6.07, 6.45) is 10.5. The largest absolute Gasteiger partial charge is 0.494 e. The number of aldehydes is 1. The first-order valence-electron chi connectivity index (χ1n) is 12.5. The summed E-state index contributed by atoms with van der Waals surface area (Å²) in [5.74, 6) is 2.00. The molecule has 1 atom stereocenters. The molecule has 1 aromatic carbocycles. The van der Waals surface area contributed by atoms with Crippen LogP contribution in [0.3, 0.4) is 0 Å². The van der Waals surface area contributed by atoms with Gasteiger partial charge in [-0.15, -0.1) is 0 Å². The molecule has 33 heavy (non-hydrogen) atoms. The van der Waals surface area contributed by atoms with Crippen LogP contribution in [0.5, 0.6) is 5.75 Å². The first-order valence-corrected chi connectivity index (χ1v) is 13.3. The molecule has 0 saturated carbocycles. The molecule has 182 valence electrons. The van der Waals surface area contributed by atoms with Crippen molar-refractivity contribution >= 4 is 29.4 Å². The fourth-order valence-corrected chi connectivity index (χ4v) is 5.89. The van der Waals surface area contributed by atoms with Crippen LogP contribution in [0.15, 0.2) is 40.2 Å². The molecule has 0 bridgehead atoms. The van der Waals surface area contributed by atoms with Crippen LogP contribution >= 0.6 is 11.8 Å². The number of carbonyl (C=O) groups excluding carboxylic acids is 2. The Labute approximate surface area is 205 Å². The fourth-order valence-electron chi connectivity index (χ4n) is 4.48. The van der Waals surface area contributed by atoms with E-state index in [4.69, 9.17) is 4.74 Å². The quantitative estimate of drug-likeness (QED) is 0.254. The number of rotatable bonds is 10. The second-order valence-electron chi connectivity index (χ2n) is 10.1. The third kappa shape index (κ3) is 8.48. The van der Waals surface area contributed by atoms with Crippen molar-refractivity contribution in [3.8, 4) is 5.75 Å². The minimum absolute atomic E-state index is 0.145. The normalized spacial score (nSPS) is 17.5. The third-order valence-electron chi connectivity index (χ3n) is 6.45. The Morgan fingerprint density at radius 1 is 1.27 bits per heavy atom. The molecule has 3 nitrogen and oxygen atoms in total. The van der Waals surface area contributed by atoms with Crippen LogP contribution in [0.4, 0.5) is 0 Å². The number of Topliss-reactive ketones (excluding diaryl/α,β-unsaturated/α-hetero) is 1. The zero-order valence-electron chi connectivity index (χ0n) is 21.3. The second kappa shape index (κ2) is 13.2. The van der Waals surface area contributed by atoms with E-state index in [2.05, 4.69) is 38.6 Å². The Bertz CT molecular complexity index is 866. The van der Waals surface area contributed by atoms with Crippen molar-refractivity contribution in [2.24, 2.45) is 11.3 Å². The van der Waals surface area contributed by atoms with E-state index in [-0.39, 0.29) is 11.2 Å². The van der Waals surface area contributed by atoms with E-state index < -0.39 is 0 Å². The van der Waals surface area contributed by atoms with Crippen molar-refractivity contribution in [1.82, 2.24) is 0 Å². The maximum atomic E-state index is 10.6. The molecule has 4 heteroatoms. The molecule has 0 amide bonds. The SMILES string of the molecule is C=C1C2=C(CC(CC)CC2)Sc2cc(OCCCCC)ccc21.CC(=O)CC(C)(C)CC=O. The molecule has 0 saturated heterocycles. The highest BCUT2D eigenvalue weighted by molar-refractivity contribution is 8.03. The van der Waals surface area contributed by atoms with Gasteiger partial charge in [0.05, 0.1) is 6.61 Å². The Morgan fingerprint density at radius 2 is 2.03 bits per heavy atom. The molecule has 1 aliphatic carbocycles. The highest BCUT2D eigenvalue weighted by atomic mass is 32.2. The smallest absolute Gasteiger partial charge is 0.130 e. The molecule has 2 aliphatic rings. The molecule has 1 heterocycles. The zero-order valence-corrected chi connectivity index (χ0v) is 22.1. The Hall–Kier alpha value is -1.81. The van der Waals surface area contributed by atoms with Gasteiger partial charge in [-0.1, -0.05) is 65.3 Å². The summed E-state index contributed by atoms with van der Waals surface area (Å²) in [4.78, 5) is 23.6. The molecule has 0 fully saturated rings. The number of hydrogen-bond acceptors (Lipinski definition) is 4. The van der Waals surface area contributed by atoms with Crippen LogP contribution in [-0.2, 0) is 9.59 Å². The van der Waals surface area contributed by atoms with Gasteiger partial charge in [0.1, 0.15) is 17.8 Å². The molecule has 1 unspecified atom stereocenters. The first kappa shape index (κ1) is 27.4. The maximum Gasteiger partial charge on any atom is 0.130 e. The van der Waals surface area contributed by atoms with Gasteiger partial charge in [-0.05, 0) is 83.8 Å². The van der Waals surface area contributed by atoms with E-state index in [0.717, 1.165) is 31.0 Å². The van der Waals surface area contributed by atoms with E-state index in [0.29, 0.717) is 12.8 Å². The number of thioether (sulfide) groups is 1. The minimum Gasteiger partial charge on any atom is -0.494 e. The highest BCUT2D eigenvalue weighted by Crippen LogP contribution is 2.51. The van der Waals surface area contributed by atoms with Crippen molar-refractivity contribution in [3.63, 3.8) is 0 Å². The zero-order chi connectivity index (χ0) is 24.4. The number of benzene rings is 1. The lowest BCUT2D eigenvalue weighted by molar-refractivity contribution is -0.119. The molecule has 0 spiro atoms. The average Bonchev–Trinajstić information content (AvgIpc) is 2.76. The van der Waals surface area contributed by atoms with Gasteiger partial charge in [-0.3, -0.25) is 0 Å². The minimum atomic E-state index is -0.145.